The summed E-state index contributed by atoms with van der Waals surface area (Å²) in [6.07, 6.45) is 0. The summed E-state index contributed by atoms with van der Waals surface area (Å²) in [5, 5.41) is 6.31. The molecule has 0 saturated carbocycles. The van der Waals surface area contributed by atoms with E-state index in [9.17, 15) is 4.79 Å². The van der Waals surface area contributed by atoms with Gasteiger partial charge in [0.05, 0.1) is 22.5 Å². The van der Waals surface area contributed by atoms with Gasteiger partial charge in [-0.3, -0.25) is 10.1 Å². The Morgan fingerprint density at radius 1 is 0.806 bits per heavy atom. The van der Waals surface area contributed by atoms with E-state index in [2.05, 4.69) is 32.9 Å². The summed E-state index contributed by atoms with van der Waals surface area (Å²) in [6, 6.07) is 27.6. The van der Waals surface area contributed by atoms with E-state index in [1.54, 1.807) is 0 Å². The monoisotopic (exact) mass is 533 g/mol. The predicted octanol–water partition coefficient (Wildman–Crippen LogP) is 6.88. The van der Waals surface area contributed by atoms with E-state index in [0.717, 1.165) is 33.4 Å². The molecule has 0 aliphatic rings. The Bertz CT molecular complexity index is 1380. The molecule has 0 atom stereocenters. The Labute approximate surface area is 197 Å². The lowest BCUT2D eigenvalue weighted by Gasteiger charge is -2.09. The quantitative estimate of drug-likeness (QED) is 0.256. The van der Waals surface area contributed by atoms with Crippen molar-refractivity contribution in [2.75, 3.05) is 5.32 Å². The molecule has 0 aliphatic carbocycles. The van der Waals surface area contributed by atoms with Gasteiger partial charge in [-0.15, -0.1) is 11.3 Å². The number of para-hydroxylation sites is 1. The highest BCUT2D eigenvalue weighted by molar-refractivity contribution is 14.1. The number of anilines is 1. The van der Waals surface area contributed by atoms with Gasteiger partial charge in [0.25, 0.3) is 5.91 Å². The summed E-state index contributed by atoms with van der Waals surface area (Å²) >= 11 is 3.69. The smallest absolute Gasteiger partial charge is 0.258 e. The Morgan fingerprint density at radius 2 is 1.52 bits per heavy atom. The van der Waals surface area contributed by atoms with E-state index < -0.39 is 0 Å². The van der Waals surface area contributed by atoms with Crippen LogP contribution in [0.3, 0.4) is 0 Å². The molecule has 6 heteroatoms. The van der Waals surface area contributed by atoms with E-state index in [-0.39, 0.29) is 5.91 Å². The Kier molecular flexibility index (Phi) is 5.48. The number of rotatable bonds is 4. The lowest BCUT2D eigenvalue weighted by molar-refractivity contribution is 0.102. The number of halogens is 1. The number of amides is 1. The second-order valence-corrected chi connectivity index (χ2v) is 9.04. The van der Waals surface area contributed by atoms with E-state index in [4.69, 9.17) is 4.98 Å². The van der Waals surface area contributed by atoms with Gasteiger partial charge in [-0.2, -0.15) is 0 Å². The fourth-order valence-corrected chi connectivity index (χ4v) is 4.44. The number of nitrogens with zero attached hydrogens (tertiary/aromatic N) is 2. The number of benzene rings is 3. The number of carbonyl (C=O) groups is 1. The maximum absolute atomic E-state index is 13.2. The van der Waals surface area contributed by atoms with Crippen LogP contribution in [0.15, 0.2) is 90.3 Å². The number of thiazole rings is 1. The molecule has 1 amide bonds. The molecule has 4 nitrogen and oxygen atoms in total. The maximum atomic E-state index is 13.2. The molecule has 0 saturated heterocycles. The van der Waals surface area contributed by atoms with Crippen molar-refractivity contribution in [1.29, 1.82) is 0 Å². The van der Waals surface area contributed by atoms with Gasteiger partial charge in [-0.05, 0) is 46.9 Å². The number of hydrogen-bond acceptors (Lipinski definition) is 4. The van der Waals surface area contributed by atoms with Crippen LogP contribution in [0.2, 0.25) is 0 Å². The second-order valence-electron chi connectivity index (χ2n) is 6.94. The van der Waals surface area contributed by atoms with Gasteiger partial charge in [0.15, 0.2) is 5.13 Å². The zero-order chi connectivity index (χ0) is 21.2. The Balaban J connectivity index is 1.49. The van der Waals surface area contributed by atoms with Crippen molar-refractivity contribution >= 4 is 55.9 Å². The average Bonchev–Trinajstić information content (AvgIpc) is 3.27. The molecule has 2 aromatic heterocycles. The zero-order valence-electron chi connectivity index (χ0n) is 16.2. The van der Waals surface area contributed by atoms with Gasteiger partial charge in [0.2, 0.25) is 0 Å². The van der Waals surface area contributed by atoms with Crippen LogP contribution in [0, 0.1) is 3.57 Å². The minimum atomic E-state index is -0.195. The predicted molar refractivity (Wildman–Crippen MR) is 135 cm³/mol. The first kappa shape index (κ1) is 19.8. The fourth-order valence-electron chi connectivity index (χ4n) is 3.37. The normalized spacial score (nSPS) is 10.9. The van der Waals surface area contributed by atoms with Gasteiger partial charge in [-0.1, -0.05) is 60.7 Å². The molecule has 0 aliphatic heterocycles. The molecule has 31 heavy (non-hydrogen) atoms. The van der Waals surface area contributed by atoms with Crippen LogP contribution < -0.4 is 5.32 Å². The summed E-state index contributed by atoms with van der Waals surface area (Å²) in [5.41, 5.74) is 4.98. The van der Waals surface area contributed by atoms with Crippen LogP contribution in [0.4, 0.5) is 5.13 Å². The number of carbonyl (C=O) groups excluding carboxylic acids is 1. The third kappa shape index (κ3) is 4.22. The number of nitrogens with one attached hydrogen (secondary N) is 1. The minimum absolute atomic E-state index is 0.195. The molecule has 0 spiro atoms. The third-order valence-electron chi connectivity index (χ3n) is 4.89. The van der Waals surface area contributed by atoms with Gasteiger partial charge < -0.3 is 0 Å². The number of hydrogen-bond donors (Lipinski definition) is 1. The number of aromatic nitrogens is 2. The molecular formula is C25H16IN3OS. The van der Waals surface area contributed by atoms with Crippen molar-refractivity contribution in [3.63, 3.8) is 0 Å². The van der Waals surface area contributed by atoms with E-state index in [0.29, 0.717) is 10.7 Å². The van der Waals surface area contributed by atoms with Crippen LogP contribution in [0.1, 0.15) is 10.4 Å². The maximum Gasteiger partial charge on any atom is 0.258 e. The van der Waals surface area contributed by atoms with Crippen LogP contribution in [0.25, 0.3) is 33.4 Å². The fraction of sp³-hybridized carbons (Fsp3) is 0. The van der Waals surface area contributed by atoms with Crippen LogP contribution in [-0.2, 0) is 0 Å². The third-order valence-corrected chi connectivity index (χ3v) is 6.37. The highest BCUT2D eigenvalue weighted by Gasteiger charge is 2.16. The zero-order valence-corrected chi connectivity index (χ0v) is 19.2. The van der Waals surface area contributed by atoms with Crippen LogP contribution in [-0.4, -0.2) is 15.9 Å². The molecule has 5 rings (SSSR count). The van der Waals surface area contributed by atoms with Crippen molar-refractivity contribution in [2.24, 2.45) is 0 Å². The lowest BCUT2D eigenvalue weighted by atomic mass is 10.0. The number of pyridine rings is 1. The molecule has 2 heterocycles. The first-order valence-corrected chi connectivity index (χ1v) is 11.6. The standard InChI is InChI=1S/C25H16IN3OS/c26-18-12-10-17(11-13-18)23-15-31-25(28-23)29-24(30)20-14-22(16-6-2-1-3-7-16)27-21-9-5-4-8-19(20)21/h1-15H,(H,28,29,30). The molecule has 150 valence electrons. The molecule has 0 fully saturated rings. The summed E-state index contributed by atoms with van der Waals surface area (Å²) in [4.78, 5) is 22.6. The first-order valence-electron chi connectivity index (χ1n) is 9.65. The van der Waals surface area contributed by atoms with Crippen molar-refractivity contribution < 1.29 is 4.79 Å². The van der Waals surface area contributed by atoms with Gasteiger partial charge >= 0.3 is 0 Å². The van der Waals surface area contributed by atoms with Gasteiger partial charge in [0, 0.05) is 25.5 Å². The SMILES string of the molecule is O=C(Nc1nc(-c2ccc(I)cc2)cs1)c1cc(-c2ccccc2)nc2ccccc12. The van der Waals surface area contributed by atoms with Gasteiger partial charge in [0.1, 0.15) is 0 Å². The van der Waals surface area contributed by atoms with Crippen molar-refractivity contribution in [3.8, 4) is 22.5 Å². The van der Waals surface area contributed by atoms with E-state index in [1.165, 1.54) is 14.9 Å². The molecule has 0 bridgehead atoms. The minimum Gasteiger partial charge on any atom is -0.298 e. The topological polar surface area (TPSA) is 54.9 Å². The van der Waals surface area contributed by atoms with Crippen molar-refractivity contribution in [1.82, 2.24) is 9.97 Å². The number of fused-ring (bicyclic) bond motifs is 1. The van der Waals surface area contributed by atoms with Crippen molar-refractivity contribution in [2.45, 2.75) is 0 Å². The Hall–Kier alpha value is -3.10. The summed E-state index contributed by atoms with van der Waals surface area (Å²) in [6.45, 7) is 0. The van der Waals surface area contributed by atoms with Crippen LogP contribution >= 0.6 is 33.9 Å². The molecule has 1 N–H and O–H groups in total. The van der Waals surface area contributed by atoms with Crippen LogP contribution in [0.5, 0.6) is 0 Å². The van der Waals surface area contributed by atoms with Crippen molar-refractivity contribution in [3.05, 3.63) is 99.4 Å². The molecule has 5 aromatic rings. The summed E-state index contributed by atoms with van der Waals surface area (Å²) < 4.78 is 1.17. The summed E-state index contributed by atoms with van der Waals surface area (Å²) in [5.74, 6) is -0.195. The molecular weight excluding hydrogens is 517 g/mol. The molecule has 3 aromatic carbocycles. The lowest BCUT2D eigenvalue weighted by Crippen LogP contribution is -2.13. The summed E-state index contributed by atoms with van der Waals surface area (Å²) in [7, 11) is 0. The second kappa shape index (κ2) is 8.56. The van der Waals surface area contributed by atoms with E-state index in [1.807, 2.05) is 90.3 Å². The highest BCUT2D eigenvalue weighted by Crippen LogP contribution is 2.28. The highest BCUT2D eigenvalue weighted by atomic mass is 127. The van der Waals surface area contributed by atoms with E-state index >= 15 is 0 Å². The van der Waals surface area contributed by atoms with Gasteiger partial charge in [-0.25, -0.2) is 9.97 Å². The first-order chi connectivity index (χ1) is 15.2. The average molecular weight is 533 g/mol. The largest absolute Gasteiger partial charge is 0.298 e. The molecule has 0 radical (unpaired) electrons. The Morgan fingerprint density at radius 3 is 2.32 bits per heavy atom. The molecule has 0 unspecified atom stereocenters.